The SMILES string of the molecule is O=C1CCC(N2Cc3cc(C4(O)CCN(Cc5ccccc5)CC4(F)F)ccc3C2=O)C(=O)N1. The van der Waals surface area contributed by atoms with E-state index >= 15 is 8.78 Å². The van der Waals surface area contributed by atoms with Gasteiger partial charge in [0.1, 0.15) is 6.04 Å². The number of nitrogens with zero attached hydrogens (tertiary/aromatic N) is 2. The van der Waals surface area contributed by atoms with Crippen LogP contribution in [0.15, 0.2) is 48.5 Å². The number of benzene rings is 2. The molecule has 2 aromatic carbocycles. The van der Waals surface area contributed by atoms with Crippen molar-refractivity contribution in [1.82, 2.24) is 15.1 Å². The van der Waals surface area contributed by atoms with Gasteiger partial charge in [-0.25, -0.2) is 8.78 Å². The van der Waals surface area contributed by atoms with Crippen molar-refractivity contribution in [2.75, 3.05) is 13.1 Å². The van der Waals surface area contributed by atoms with Gasteiger partial charge in [0, 0.05) is 31.6 Å². The Hall–Kier alpha value is -3.17. The molecule has 9 heteroatoms. The van der Waals surface area contributed by atoms with E-state index in [0.717, 1.165) is 5.56 Å². The number of amides is 3. The number of aliphatic hydroxyl groups is 1. The molecule has 3 aliphatic heterocycles. The van der Waals surface area contributed by atoms with Gasteiger partial charge in [0.05, 0.1) is 6.54 Å². The molecule has 2 aromatic rings. The summed E-state index contributed by atoms with van der Waals surface area (Å²) >= 11 is 0. The summed E-state index contributed by atoms with van der Waals surface area (Å²) in [5.41, 5.74) is -0.563. The number of fused-ring (bicyclic) bond motifs is 1. The van der Waals surface area contributed by atoms with Gasteiger partial charge in [-0.05, 0) is 35.6 Å². The van der Waals surface area contributed by atoms with E-state index in [1.807, 2.05) is 30.3 Å². The van der Waals surface area contributed by atoms with Crippen LogP contribution in [0.4, 0.5) is 8.78 Å². The minimum atomic E-state index is -3.40. The Bertz CT molecular complexity index is 1160. The summed E-state index contributed by atoms with van der Waals surface area (Å²) in [7, 11) is 0. The largest absolute Gasteiger partial charge is 0.379 e. The van der Waals surface area contributed by atoms with Crippen LogP contribution in [0.2, 0.25) is 0 Å². The lowest BCUT2D eigenvalue weighted by Gasteiger charge is -2.44. The van der Waals surface area contributed by atoms with Crippen molar-refractivity contribution in [2.45, 2.75) is 49.9 Å². The third kappa shape index (κ3) is 3.78. The van der Waals surface area contributed by atoms with Crippen LogP contribution in [0.5, 0.6) is 0 Å². The van der Waals surface area contributed by atoms with E-state index in [0.29, 0.717) is 24.2 Å². The maximum atomic E-state index is 15.3. The summed E-state index contributed by atoms with van der Waals surface area (Å²) in [5, 5.41) is 13.4. The Morgan fingerprint density at radius 3 is 2.56 bits per heavy atom. The number of piperidine rings is 2. The smallest absolute Gasteiger partial charge is 0.292 e. The van der Waals surface area contributed by atoms with Crippen LogP contribution >= 0.6 is 0 Å². The predicted octanol–water partition coefficient (Wildman–Crippen LogP) is 2.18. The molecule has 5 rings (SSSR count). The number of halogens is 2. The first-order valence-electron chi connectivity index (χ1n) is 11.3. The Balaban J connectivity index is 1.35. The molecule has 7 nitrogen and oxygen atoms in total. The maximum absolute atomic E-state index is 15.3. The average Bonchev–Trinajstić information content (AvgIpc) is 3.12. The summed E-state index contributed by atoms with van der Waals surface area (Å²) in [6.07, 6.45) is 0.195. The zero-order valence-corrected chi connectivity index (χ0v) is 18.5. The number of nitrogens with one attached hydrogen (secondary N) is 1. The lowest BCUT2D eigenvalue weighted by molar-refractivity contribution is -0.223. The van der Waals surface area contributed by atoms with E-state index in [-0.39, 0.29) is 43.2 Å². The monoisotopic (exact) mass is 469 g/mol. The molecule has 3 aliphatic rings. The van der Waals surface area contributed by atoms with E-state index in [4.69, 9.17) is 0 Å². The van der Waals surface area contributed by atoms with E-state index in [9.17, 15) is 19.5 Å². The number of carbonyl (C=O) groups excluding carboxylic acids is 3. The molecule has 0 radical (unpaired) electrons. The van der Waals surface area contributed by atoms with Gasteiger partial charge >= 0.3 is 0 Å². The van der Waals surface area contributed by atoms with Crippen molar-refractivity contribution in [3.05, 3.63) is 70.8 Å². The van der Waals surface area contributed by atoms with Gasteiger partial charge in [-0.1, -0.05) is 42.5 Å². The Morgan fingerprint density at radius 2 is 1.85 bits per heavy atom. The Labute approximate surface area is 195 Å². The van der Waals surface area contributed by atoms with Gasteiger partial charge < -0.3 is 10.0 Å². The predicted molar refractivity (Wildman–Crippen MR) is 118 cm³/mol. The van der Waals surface area contributed by atoms with Crippen molar-refractivity contribution >= 4 is 17.7 Å². The molecule has 0 aromatic heterocycles. The van der Waals surface area contributed by atoms with Gasteiger partial charge in [-0.15, -0.1) is 0 Å². The summed E-state index contributed by atoms with van der Waals surface area (Å²) in [5.74, 6) is -4.70. The molecule has 0 bridgehead atoms. The number of carbonyl (C=O) groups is 3. The number of alkyl halides is 2. The maximum Gasteiger partial charge on any atom is 0.292 e. The highest BCUT2D eigenvalue weighted by Crippen LogP contribution is 2.45. The van der Waals surface area contributed by atoms with Crippen molar-refractivity contribution in [3.63, 3.8) is 0 Å². The van der Waals surface area contributed by atoms with Crippen molar-refractivity contribution in [3.8, 4) is 0 Å². The van der Waals surface area contributed by atoms with Gasteiger partial charge in [-0.3, -0.25) is 24.6 Å². The second kappa shape index (κ2) is 8.25. The molecule has 34 heavy (non-hydrogen) atoms. The second-order valence-electron chi connectivity index (χ2n) is 9.28. The first-order valence-corrected chi connectivity index (χ1v) is 11.3. The molecule has 2 saturated heterocycles. The summed E-state index contributed by atoms with van der Waals surface area (Å²) < 4.78 is 30.6. The van der Waals surface area contributed by atoms with Crippen molar-refractivity contribution in [2.24, 2.45) is 0 Å². The highest BCUT2D eigenvalue weighted by atomic mass is 19.3. The fourth-order valence-corrected chi connectivity index (χ4v) is 5.16. The molecular formula is C25H25F2N3O4. The zero-order chi connectivity index (χ0) is 24.1. The van der Waals surface area contributed by atoms with Crippen molar-refractivity contribution < 1.29 is 28.3 Å². The van der Waals surface area contributed by atoms with Crippen LogP contribution in [0.3, 0.4) is 0 Å². The topological polar surface area (TPSA) is 90.0 Å². The number of imide groups is 1. The van der Waals surface area contributed by atoms with Gasteiger partial charge in [0.25, 0.3) is 11.8 Å². The van der Waals surface area contributed by atoms with E-state index in [2.05, 4.69) is 5.32 Å². The van der Waals surface area contributed by atoms with E-state index in [1.54, 1.807) is 4.90 Å². The van der Waals surface area contributed by atoms with Gasteiger partial charge in [0.15, 0.2) is 5.60 Å². The van der Waals surface area contributed by atoms with Crippen LogP contribution < -0.4 is 5.32 Å². The Kier molecular flexibility index (Phi) is 5.49. The third-order valence-electron chi connectivity index (χ3n) is 7.07. The van der Waals surface area contributed by atoms with Gasteiger partial charge in [-0.2, -0.15) is 0 Å². The molecule has 2 atom stereocenters. The fourth-order valence-electron chi connectivity index (χ4n) is 5.16. The van der Waals surface area contributed by atoms with Crippen LogP contribution in [-0.2, 0) is 28.3 Å². The standard InChI is InChI=1S/C25H25F2N3O4/c26-25(27)15-29(13-16-4-2-1-3-5-16)11-10-24(25,34)18-6-7-19-17(12-18)14-30(23(19)33)20-8-9-21(31)28-22(20)32/h1-7,12,20,34H,8-11,13-15H2,(H,28,31,32). The molecule has 0 saturated carbocycles. The normalized spacial score (nSPS) is 27.0. The second-order valence-corrected chi connectivity index (χ2v) is 9.28. The molecule has 3 amide bonds. The van der Waals surface area contributed by atoms with Gasteiger partial charge in [0.2, 0.25) is 11.8 Å². The first-order chi connectivity index (χ1) is 16.2. The molecule has 0 aliphatic carbocycles. The van der Waals surface area contributed by atoms with Crippen LogP contribution in [0, 0.1) is 0 Å². The number of likely N-dealkylation sites (tertiary alicyclic amines) is 1. The molecule has 2 fully saturated rings. The highest BCUT2D eigenvalue weighted by molar-refractivity contribution is 6.05. The van der Waals surface area contributed by atoms with Crippen LogP contribution in [-0.4, -0.2) is 57.7 Å². The van der Waals surface area contributed by atoms with Crippen molar-refractivity contribution in [1.29, 1.82) is 0 Å². The first kappa shape index (κ1) is 22.6. The number of hydrogen-bond acceptors (Lipinski definition) is 5. The van der Waals surface area contributed by atoms with Crippen LogP contribution in [0.1, 0.15) is 46.3 Å². The van der Waals surface area contributed by atoms with Crippen LogP contribution in [0.25, 0.3) is 0 Å². The minimum absolute atomic E-state index is 0.0635. The molecule has 2 N–H and O–H groups in total. The minimum Gasteiger partial charge on any atom is -0.379 e. The Morgan fingerprint density at radius 1 is 1.09 bits per heavy atom. The fraction of sp³-hybridized carbons (Fsp3) is 0.400. The van der Waals surface area contributed by atoms with E-state index < -0.39 is 30.0 Å². The highest BCUT2D eigenvalue weighted by Gasteiger charge is 2.57. The summed E-state index contributed by atoms with van der Waals surface area (Å²) in [6, 6.07) is 12.8. The summed E-state index contributed by atoms with van der Waals surface area (Å²) in [6.45, 7) is 0.137. The quantitative estimate of drug-likeness (QED) is 0.670. The average molecular weight is 469 g/mol. The molecular weight excluding hydrogens is 444 g/mol. The lowest BCUT2D eigenvalue weighted by atomic mass is 9.80. The summed E-state index contributed by atoms with van der Waals surface area (Å²) in [4.78, 5) is 39.5. The van der Waals surface area contributed by atoms with E-state index in [1.165, 1.54) is 23.1 Å². The molecule has 0 spiro atoms. The third-order valence-corrected chi connectivity index (χ3v) is 7.07. The molecule has 2 unspecified atom stereocenters. The zero-order valence-electron chi connectivity index (χ0n) is 18.5. The number of rotatable bonds is 4. The lowest BCUT2D eigenvalue weighted by Crippen LogP contribution is -2.58. The molecule has 178 valence electrons. The number of hydrogen-bond donors (Lipinski definition) is 2. The molecule has 3 heterocycles.